The lowest BCUT2D eigenvalue weighted by Crippen LogP contribution is -2.47. The lowest BCUT2D eigenvalue weighted by Gasteiger charge is -2.35. The molecule has 1 unspecified atom stereocenters. The summed E-state index contributed by atoms with van der Waals surface area (Å²) in [6.07, 6.45) is 5.52. The van der Waals surface area contributed by atoms with Crippen LogP contribution in [0.1, 0.15) is 46.0 Å². The number of rotatable bonds is 7. The maximum atomic E-state index is 12.0. The molecule has 0 bridgehead atoms. The molecule has 0 aliphatic carbocycles. The summed E-state index contributed by atoms with van der Waals surface area (Å²) < 4.78 is 0. The Morgan fingerprint density at radius 1 is 1.37 bits per heavy atom. The lowest BCUT2D eigenvalue weighted by atomic mass is 9.95. The van der Waals surface area contributed by atoms with Gasteiger partial charge in [-0.15, -0.1) is 0 Å². The molecule has 1 fully saturated rings. The number of carbonyl (C=O) groups is 1. The van der Waals surface area contributed by atoms with E-state index < -0.39 is 0 Å². The van der Waals surface area contributed by atoms with Crippen LogP contribution in [0.3, 0.4) is 0 Å². The van der Waals surface area contributed by atoms with Crippen LogP contribution in [0.4, 0.5) is 0 Å². The van der Waals surface area contributed by atoms with E-state index in [1.54, 1.807) is 0 Å². The normalized spacial score (nSPS) is 18.9. The summed E-state index contributed by atoms with van der Waals surface area (Å²) in [5.74, 6) is 0.879. The molecule has 1 heterocycles. The summed E-state index contributed by atoms with van der Waals surface area (Å²) in [7, 11) is 2.21. The molecule has 4 nitrogen and oxygen atoms in total. The van der Waals surface area contributed by atoms with Gasteiger partial charge in [0.15, 0.2) is 0 Å². The Morgan fingerprint density at radius 3 is 2.53 bits per heavy atom. The largest absolute Gasteiger partial charge is 0.341 e. The standard InChI is InChI=1S/C15H31N3O/c1-4-6-9-17(3)12-13-7-10-18(11-8-13)15(19)14(16)5-2/h13-14H,4-12,16H2,1-3H3. The van der Waals surface area contributed by atoms with Gasteiger partial charge in [0.05, 0.1) is 6.04 Å². The smallest absolute Gasteiger partial charge is 0.239 e. The minimum absolute atomic E-state index is 0.139. The zero-order chi connectivity index (χ0) is 14.3. The van der Waals surface area contributed by atoms with E-state index in [0.717, 1.165) is 38.3 Å². The van der Waals surface area contributed by atoms with Gasteiger partial charge in [-0.1, -0.05) is 20.3 Å². The second-order valence-corrected chi connectivity index (χ2v) is 5.90. The van der Waals surface area contributed by atoms with E-state index in [0.29, 0.717) is 0 Å². The predicted octanol–water partition coefficient (Wildman–Crippen LogP) is 1.69. The maximum absolute atomic E-state index is 12.0. The topological polar surface area (TPSA) is 49.6 Å². The molecule has 1 rings (SSSR count). The molecule has 1 saturated heterocycles. The first-order valence-corrected chi connectivity index (χ1v) is 7.81. The molecular weight excluding hydrogens is 238 g/mol. The Morgan fingerprint density at radius 2 is 2.00 bits per heavy atom. The van der Waals surface area contributed by atoms with E-state index in [2.05, 4.69) is 18.9 Å². The summed E-state index contributed by atoms with van der Waals surface area (Å²) >= 11 is 0. The molecular formula is C15H31N3O. The maximum Gasteiger partial charge on any atom is 0.239 e. The van der Waals surface area contributed by atoms with Crippen molar-refractivity contribution in [1.29, 1.82) is 0 Å². The van der Waals surface area contributed by atoms with Gasteiger partial charge in [-0.05, 0) is 45.2 Å². The molecule has 1 aliphatic heterocycles. The van der Waals surface area contributed by atoms with Crippen LogP contribution in [-0.4, -0.2) is 55.0 Å². The third kappa shape index (κ3) is 5.49. The van der Waals surface area contributed by atoms with Crippen LogP contribution < -0.4 is 5.73 Å². The molecule has 4 heteroatoms. The number of carbonyl (C=O) groups excluding carboxylic acids is 1. The van der Waals surface area contributed by atoms with Gasteiger partial charge in [-0.25, -0.2) is 0 Å². The molecule has 0 spiro atoms. The zero-order valence-electron chi connectivity index (χ0n) is 12.9. The number of nitrogens with two attached hydrogens (primary N) is 1. The number of unbranched alkanes of at least 4 members (excludes halogenated alkanes) is 1. The summed E-state index contributed by atoms with van der Waals surface area (Å²) in [6.45, 7) is 8.34. The summed E-state index contributed by atoms with van der Waals surface area (Å²) in [5, 5.41) is 0. The third-order valence-electron chi connectivity index (χ3n) is 4.15. The quantitative estimate of drug-likeness (QED) is 0.765. The minimum atomic E-state index is -0.302. The Hall–Kier alpha value is -0.610. The van der Waals surface area contributed by atoms with Gasteiger partial charge >= 0.3 is 0 Å². The van der Waals surface area contributed by atoms with Crippen molar-refractivity contribution in [2.45, 2.75) is 52.0 Å². The average molecular weight is 269 g/mol. The van der Waals surface area contributed by atoms with E-state index in [-0.39, 0.29) is 11.9 Å². The minimum Gasteiger partial charge on any atom is -0.341 e. The molecule has 0 radical (unpaired) electrons. The van der Waals surface area contributed by atoms with Crippen LogP contribution in [0.2, 0.25) is 0 Å². The van der Waals surface area contributed by atoms with Gasteiger partial charge in [-0.3, -0.25) is 4.79 Å². The van der Waals surface area contributed by atoms with E-state index in [1.807, 2.05) is 11.8 Å². The van der Waals surface area contributed by atoms with Crippen molar-refractivity contribution in [3.63, 3.8) is 0 Å². The Balaban J connectivity index is 2.27. The number of hydrogen-bond acceptors (Lipinski definition) is 3. The highest BCUT2D eigenvalue weighted by Crippen LogP contribution is 2.19. The predicted molar refractivity (Wildman–Crippen MR) is 80.0 cm³/mol. The Bertz CT molecular complexity index is 262. The lowest BCUT2D eigenvalue weighted by molar-refractivity contribution is -0.134. The van der Waals surface area contributed by atoms with Crippen molar-refractivity contribution in [1.82, 2.24) is 9.80 Å². The zero-order valence-corrected chi connectivity index (χ0v) is 12.9. The van der Waals surface area contributed by atoms with E-state index in [9.17, 15) is 4.79 Å². The van der Waals surface area contributed by atoms with Gasteiger partial charge in [-0.2, -0.15) is 0 Å². The Labute approximate surface area is 118 Å². The van der Waals surface area contributed by atoms with Crippen molar-refractivity contribution >= 4 is 5.91 Å². The van der Waals surface area contributed by atoms with Crippen LogP contribution in [0.25, 0.3) is 0 Å². The van der Waals surface area contributed by atoms with E-state index in [4.69, 9.17) is 5.73 Å². The summed E-state index contributed by atoms with van der Waals surface area (Å²) in [5.41, 5.74) is 5.82. The first-order valence-electron chi connectivity index (χ1n) is 7.81. The van der Waals surface area contributed by atoms with Crippen LogP contribution in [-0.2, 0) is 4.79 Å². The summed E-state index contributed by atoms with van der Waals surface area (Å²) in [4.78, 5) is 16.4. The fourth-order valence-corrected chi connectivity index (χ4v) is 2.71. The van der Waals surface area contributed by atoms with E-state index >= 15 is 0 Å². The van der Waals surface area contributed by atoms with Crippen LogP contribution in [0.15, 0.2) is 0 Å². The number of nitrogens with zero attached hydrogens (tertiary/aromatic N) is 2. The molecule has 0 aromatic carbocycles. The van der Waals surface area contributed by atoms with Gasteiger partial charge in [0.1, 0.15) is 0 Å². The molecule has 0 saturated carbocycles. The second-order valence-electron chi connectivity index (χ2n) is 5.90. The number of piperidine rings is 1. The van der Waals surface area contributed by atoms with E-state index in [1.165, 1.54) is 25.9 Å². The third-order valence-corrected chi connectivity index (χ3v) is 4.15. The molecule has 112 valence electrons. The van der Waals surface area contributed by atoms with Crippen molar-refractivity contribution in [3.8, 4) is 0 Å². The molecule has 0 aromatic rings. The fraction of sp³-hybridized carbons (Fsp3) is 0.933. The highest BCUT2D eigenvalue weighted by molar-refractivity contribution is 5.81. The monoisotopic (exact) mass is 269 g/mol. The molecule has 0 aromatic heterocycles. The Kier molecular flexibility index (Phi) is 7.39. The first-order chi connectivity index (χ1) is 9.08. The van der Waals surface area contributed by atoms with Crippen LogP contribution >= 0.6 is 0 Å². The van der Waals surface area contributed by atoms with Gasteiger partial charge in [0, 0.05) is 19.6 Å². The second kappa shape index (κ2) is 8.54. The number of hydrogen-bond donors (Lipinski definition) is 1. The average Bonchev–Trinajstić information content (AvgIpc) is 2.44. The van der Waals surface area contributed by atoms with Gasteiger partial charge in [0.25, 0.3) is 0 Å². The molecule has 1 aliphatic rings. The van der Waals surface area contributed by atoms with Crippen molar-refractivity contribution in [3.05, 3.63) is 0 Å². The van der Waals surface area contributed by atoms with Crippen molar-refractivity contribution in [2.24, 2.45) is 11.7 Å². The highest BCUT2D eigenvalue weighted by atomic mass is 16.2. The molecule has 1 amide bonds. The van der Waals surface area contributed by atoms with Gasteiger partial charge < -0.3 is 15.5 Å². The molecule has 19 heavy (non-hydrogen) atoms. The number of likely N-dealkylation sites (tertiary alicyclic amines) is 1. The van der Waals surface area contributed by atoms with Crippen molar-refractivity contribution in [2.75, 3.05) is 33.2 Å². The van der Waals surface area contributed by atoms with Crippen molar-refractivity contribution < 1.29 is 4.79 Å². The molecule has 2 N–H and O–H groups in total. The highest BCUT2D eigenvalue weighted by Gasteiger charge is 2.25. The fourth-order valence-electron chi connectivity index (χ4n) is 2.71. The SMILES string of the molecule is CCCCN(C)CC1CCN(C(=O)C(N)CC)CC1. The first kappa shape index (κ1) is 16.4. The van der Waals surface area contributed by atoms with Crippen LogP contribution in [0.5, 0.6) is 0 Å². The van der Waals surface area contributed by atoms with Gasteiger partial charge in [0.2, 0.25) is 5.91 Å². The summed E-state index contributed by atoms with van der Waals surface area (Å²) in [6, 6.07) is -0.302. The van der Waals surface area contributed by atoms with Crippen LogP contribution in [0, 0.1) is 5.92 Å². The molecule has 1 atom stereocenters. The number of amides is 1.